The summed E-state index contributed by atoms with van der Waals surface area (Å²) < 4.78 is 9.53. The minimum absolute atomic E-state index is 0.0833. The fourth-order valence-electron chi connectivity index (χ4n) is 2.50. The number of carbonyl (C=O) groups is 3. The molecule has 0 atom stereocenters. The summed E-state index contributed by atoms with van der Waals surface area (Å²) >= 11 is 6.15. The molecular weight excluding hydrogens is 362 g/mol. The van der Waals surface area contributed by atoms with Crippen LogP contribution in [0.5, 0.6) is 0 Å². The summed E-state index contributed by atoms with van der Waals surface area (Å²) in [5.74, 6) is -2.82. The Balaban J connectivity index is 2.86. The molecule has 136 valence electrons. The Morgan fingerprint density at radius 2 is 1.73 bits per heavy atom. The lowest BCUT2D eigenvalue weighted by Crippen LogP contribution is -2.28. The summed E-state index contributed by atoms with van der Waals surface area (Å²) in [5, 5.41) is 9.86. The molecule has 2 rings (SSSR count). The molecule has 1 heterocycles. The van der Waals surface area contributed by atoms with Crippen molar-refractivity contribution in [2.75, 3.05) is 19.1 Å². The Morgan fingerprint density at radius 1 is 1.08 bits per heavy atom. The first-order chi connectivity index (χ1) is 12.3. The molecule has 1 aromatic carbocycles. The third-order valence-electron chi connectivity index (χ3n) is 3.73. The lowest BCUT2D eigenvalue weighted by atomic mass is 10.0. The number of carboxylic acid groups (broad SMARTS) is 1. The Hall–Kier alpha value is -3.06. The van der Waals surface area contributed by atoms with E-state index in [1.807, 2.05) is 0 Å². The average molecular weight is 378 g/mol. The van der Waals surface area contributed by atoms with Gasteiger partial charge in [-0.1, -0.05) is 17.7 Å². The number of hydrogen-bond acceptors (Lipinski definition) is 6. The number of ether oxygens (including phenoxy) is 2. The van der Waals surface area contributed by atoms with Crippen molar-refractivity contribution in [2.45, 2.75) is 6.92 Å². The maximum atomic E-state index is 12.4. The first-order valence-electron chi connectivity index (χ1n) is 7.40. The molecule has 0 saturated heterocycles. The zero-order valence-corrected chi connectivity index (χ0v) is 15.0. The molecule has 1 aliphatic rings. The molecular formula is C18H16ClNO6. The fourth-order valence-corrected chi connectivity index (χ4v) is 2.65. The average Bonchev–Trinajstić information content (AvgIpc) is 2.84. The Bertz CT molecular complexity index is 869. The highest BCUT2D eigenvalue weighted by Gasteiger charge is 2.31. The molecule has 1 aliphatic heterocycles. The van der Waals surface area contributed by atoms with Crippen LogP contribution in [0.25, 0.3) is 0 Å². The van der Waals surface area contributed by atoms with E-state index >= 15 is 0 Å². The van der Waals surface area contributed by atoms with E-state index in [1.54, 1.807) is 13.0 Å². The van der Waals surface area contributed by atoms with Crippen molar-refractivity contribution in [1.82, 2.24) is 0 Å². The maximum absolute atomic E-state index is 12.4. The molecule has 1 N–H and O–H groups in total. The number of halogens is 1. The van der Waals surface area contributed by atoms with E-state index in [0.717, 1.165) is 7.11 Å². The van der Waals surface area contributed by atoms with E-state index in [0.29, 0.717) is 10.6 Å². The van der Waals surface area contributed by atoms with Gasteiger partial charge in [-0.15, -0.1) is 0 Å². The summed E-state index contributed by atoms with van der Waals surface area (Å²) in [5.41, 5.74) is 0.205. The standard InChI is InChI=1S/C18H16ClNO6/c1-10-13(19)8-7-11(16(21)22)14(10)20-9-5-4-6-12(17(23)25-2)15(20)18(24)26-3/h4-9H,1-3H3,(H,21,22). The van der Waals surface area contributed by atoms with Crippen molar-refractivity contribution >= 4 is 35.2 Å². The number of benzene rings is 1. The maximum Gasteiger partial charge on any atom is 0.355 e. The quantitative estimate of drug-likeness (QED) is 0.806. The highest BCUT2D eigenvalue weighted by Crippen LogP contribution is 2.35. The molecule has 8 heteroatoms. The predicted molar refractivity (Wildman–Crippen MR) is 95.0 cm³/mol. The van der Waals surface area contributed by atoms with Crippen molar-refractivity contribution < 1.29 is 29.0 Å². The van der Waals surface area contributed by atoms with Gasteiger partial charge in [-0.25, -0.2) is 14.4 Å². The number of anilines is 1. The lowest BCUT2D eigenvalue weighted by molar-refractivity contribution is -0.139. The van der Waals surface area contributed by atoms with Crippen LogP contribution in [-0.4, -0.2) is 37.2 Å². The number of aromatic carboxylic acids is 1. The highest BCUT2D eigenvalue weighted by atomic mass is 35.5. The molecule has 26 heavy (non-hydrogen) atoms. The van der Waals surface area contributed by atoms with Crippen LogP contribution in [0.4, 0.5) is 5.69 Å². The Labute approximate surface area is 154 Å². The van der Waals surface area contributed by atoms with E-state index in [9.17, 15) is 19.5 Å². The molecule has 0 fully saturated rings. The monoisotopic (exact) mass is 377 g/mol. The summed E-state index contributed by atoms with van der Waals surface area (Å²) in [4.78, 5) is 37.6. The molecule has 0 saturated carbocycles. The van der Waals surface area contributed by atoms with Crippen LogP contribution >= 0.6 is 11.6 Å². The zero-order valence-electron chi connectivity index (χ0n) is 14.3. The van der Waals surface area contributed by atoms with Gasteiger partial charge in [-0.2, -0.15) is 0 Å². The third kappa shape index (κ3) is 3.48. The summed E-state index contributed by atoms with van der Waals surface area (Å²) in [6.07, 6.45) is 5.90. The molecule has 0 amide bonds. The van der Waals surface area contributed by atoms with E-state index in [1.165, 1.54) is 42.5 Å². The highest BCUT2D eigenvalue weighted by molar-refractivity contribution is 6.32. The van der Waals surface area contributed by atoms with Crippen LogP contribution < -0.4 is 4.90 Å². The molecule has 0 radical (unpaired) electrons. The van der Waals surface area contributed by atoms with Crippen LogP contribution in [0.1, 0.15) is 15.9 Å². The van der Waals surface area contributed by atoms with Gasteiger partial charge in [-0.05, 0) is 36.8 Å². The Kier molecular flexibility index (Phi) is 5.84. The third-order valence-corrected chi connectivity index (χ3v) is 4.13. The first-order valence-corrected chi connectivity index (χ1v) is 7.78. The SMILES string of the molecule is COC(=O)C1=C(C(=O)OC)N(c2c(C(=O)O)ccc(Cl)c2C)C=CC=C1. The largest absolute Gasteiger partial charge is 0.478 e. The summed E-state index contributed by atoms with van der Waals surface area (Å²) in [6.45, 7) is 1.61. The molecule has 0 spiro atoms. The number of rotatable bonds is 4. The summed E-state index contributed by atoms with van der Waals surface area (Å²) in [6, 6.07) is 2.78. The molecule has 0 bridgehead atoms. The van der Waals surface area contributed by atoms with Crippen LogP contribution in [0, 0.1) is 6.92 Å². The second kappa shape index (κ2) is 7.88. The van der Waals surface area contributed by atoms with Crippen molar-refractivity contribution in [3.8, 4) is 0 Å². The molecule has 0 aliphatic carbocycles. The number of methoxy groups -OCH3 is 2. The molecule has 0 unspecified atom stereocenters. The smallest absolute Gasteiger partial charge is 0.355 e. The van der Waals surface area contributed by atoms with Gasteiger partial charge in [0.1, 0.15) is 5.70 Å². The minimum atomic E-state index is -1.21. The van der Waals surface area contributed by atoms with Crippen LogP contribution in [-0.2, 0) is 19.1 Å². The zero-order chi connectivity index (χ0) is 19.4. The number of hydrogen-bond donors (Lipinski definition) is 1. The van der Waals surface area contributed by atoms with Gasteiger partial charge in [0.25, 0.3) is 0 Å². The Morgan fingerprint density at radius 3 is 2.31 bits per heavy atom. The van der Waals surface area contributed by atoms with Gasteiger partial charge in [-0.3, -0.25) is 0 Å². The van der Waals surface area contributed by atoms with Gasteiger partial charge in [0.05, 0.1) is 31.0 Å². The van der Waals surface area contributed by atoms with Crippen LogP contribution in [0.2, 0.25) is 5.02 Å². The first kappa shape index (κ1) is 19.3. The van der Waals surface area contributed by atoms with E-state index in [2.05, 4.69) is 0 Å². The molecule has 1 aromatic rings. The van der Waals surface area contributed by atoms with Gasteiger partial charge < -0.3 is 19.5 Å². The lowest BCUT2D eigenvalue weighted by Gasteiger charge is -2.26. The number of carbonyl (C=O) groups excluding carboxylic acids is 2. The fraction of sp³-hybridized carbons (Fsp3) is 0.167. The van der Waals surface area contributed by atoms with E-state index < -0.39 is 17.9 Å². The van der Waals surface area contributed by atoms with Gasteiger partial charge in [0.15, 0.2) is 0 Å². The van der Waals surface area contributed by atoms with Gasteiger partial charge in [0.2, 0.25) is 0 Å². The predicted octanol–water partition coefficient (Wildman–Crippen LogP) is 2.84. The van der Waals surface area contributed by atoms with Gasteiger partial charge >= 0.3 is 17.9 Å². The number of allylic oxidation sites excluding steroid dienone is 2. The normalized spacial score (nSPS) is 13.5. The number of nitrogens with zero attached hydrogens (tertiary/aromatic N) is 1. The minimum Gasteiger partial charge on any atom is -0.478 e. The van der Waals surface area contributed by atoms with E-state index in [-0.39, 0.29) is 22.5 Å². The van der Waals surface area contributed by atoms with E-state index in [4.69, 9.17) is 21.1 Å². The van der Waals surface area contributed by atoms with Crippen molar-refractivity contribution in [3.05, 3.63) is 64.0 Å². The number of carboxylic acids is 1. The van der Waals surface area contributed by atoms with Crippen molar-refractivity contribution in [3.63, 3.8) is 0 Å². The second-order valence-electron chi connectivity index (χ2n) is 5.19. The number of esters is 2. The van der Waals surface area contributed by atoms with Crippen molar-refractivity contribution in [2.24, 2.45) is 0 Å². The molecule has 7 nitrogen and oxygen atoms in total. The van der Waals surface area contributed by atoms with Gasteiger partial charge in [0, 0.05) is 11.2 Å². The molecule has 0 aromatic heterocycles. The topological polar surface area (TPSA) is 93.1 Å². The summed E-state index contributed by atoms with van der Waals surface area (Å²) in [7, 11) is 2.33. The van der Waals surface area contributed by atoms with Crippen LogP contribution in [0.15, 0.2) is 47.8 Å². The van der Waals surface area contributed by atoms with Crippen molar-refractivity contribution in [1.29, 1.82) is 0 Å². The second-order valence-corrected chi connectivity index (χ2v) is 5.60. The van der Waals surface area contributed by atoms with Crippen LogP contribution in [0.3, 0.4) is 0 Å².